The summed E-state index contributed by atoms with van der Waals surface area (Å²) >= 11 is 0. The molecule has 0 fully saturated rings. The first-order valence-corrected chi connectivity index (χ1v) is 3.05. The first kappa shape index (κ1) is 6.09. The summed E-state index contributed by atoms with van der Waals surface area (Å²) in [5, 5.41) is 13.3. The maximum absolute atomic E-state index is 9.19. The number of hydrogen-bond acceptors (Lipinski definition) is 5. The molecule has 2 aromatic rings. The van der Waals surface area contributed by atoms with Crippen molar-refractivity contribution in [1.82, 2.24) is 15.1 Å². The molecule has 5 heteroatoms. The highest BCUT2D eigenvalue weighted by molar-refractivity contribution is 5.80. The van der Waals surface area contributed by atoms with Crippen molar-refractivity contribution >= 4 is 11.1 Å². The Morgan fingerprint density at radius 1 is 1.45 bits per heavy atom. The molecule has 5 nitrogen and oxygen atoms in total. The molecule has 0 aliphatic rings. The second-order valence-corrected chi connectivity index (χ2v) is 2.15. The van der Waals surface area contributed by atoms with Crippen molar-refractivity contribution in [3.05, 3.63) is 12.0 Å². The molecule has 0 amide bonds. The highest BCUT2D eigenvalue weighted by Gasteiger charge is 2.09. The van der Waals surface area contributed by atoms with E-state index in [1.54, 1.807) is 6.92 Å². The summed E-state index contributed by atoms with van der Waals surface area (Å²) in [5.41, 5.74) is 0.910. The third kappa shape index (κ3) is 0.739. The van der Waals surface area contributed by atoms with Gasteiger partial charge in [-0.1, -0.05) is 5.16 Å². The Balaban J connectivity index is 2.96. The van der Waals surface area contributed by atoms with Gasteiger partial charge in [-0.05, 0) is 6.92 Å². The monoisotopic (exact) mass is 151 g/mol. The van der Waals surface area contributed by atoms with Crippen molar-refractivity contribution in [3.8, 4) is 5.88 Å². The summed E-state index contributed by atoms with van der Waals surface area (Å²) in [7, 11) is 0. The lowest BCUT2D eigenvalue weighted by molar-refractivity contribution is 0.439. The van der Waals surface area contributed by atoms with E-state index in [4.69, 9.17) is 4.52 Å². The number of fused-ring (bicyclic) bond motifs is 1. The van der Waals surface area contributed by atoms with Gasteiger partial charge in [-0.2, -0.15) is 4.98 Å². The van der Waals surface area contributed by atoms with Crippen LogP contribution in [0.4, 0.5) is 0 Å². The van der Waals surface area contributed by atoms with Crippen LogP contribution in [0, 0.1) is 6.92 Å². The van der Waals surface area contributed by atoms with E-state index in [1.165, 1.54) is 6.33 Å². The van der Waals surface area contributed by atoms with E-state index in [-0.39, 0.29) is 5.88 Å². The van der Waals surface area contributed by atoms with Crippen LogP contribution in [0.2, 0.25) is 0 Å². The number of aromatic nitrogens is 3. The maximum atomic E-state index is 9.19. The van der Waals surface area contributed by atoms with Gasteiger partial charge in [-0.3, -0.25) is 0 Å². The first-order valence-electron chi connectivity index (χ1n) is 3.05. The average Bonchev–Trinajstić information content (AvgIpc) is 2.34. The molecule has 0 radical (unpaired) electrons. The maximum Gasteiger partial charge on any atom is 0.264 e. The fraction of sp³-hybridized carbons (Fsp3) is 0.167. The molecule has 0 aliphatic heterocycles. The predicted octanol–water partition coefficient (Wildman–Crippen LogP) is 0.632. The molecule has 0 unspecified atom stereocenters. The van der Waals surface area contributed by atoms with E-state index in [1.807, 2.05) is 0 Å². The summed E-state index contributed by atoms with van der Waals surface area (Å²) in [4.78, 5) is 7.35. The molecule has 0 saturated carbocycles. The number of aryl methyl sites for hydroxylation is 1. The highest BCUT2D eigenvalue weighted by atomic mass is 16.5. The van der Waals surface area contributed by atoms with Crippen molar-refractivity contribution in [2.75, 3.05) is 0 Å². The van der Waals surface area contributed by atoms with Crippen molar-refractivity contribution < 1.29 is 9.63 Å². The second-order valence-electron chi connectivity index (χ2n) is 2.15. The molecule has 1 N–H and O–H groups in total. The molecule has 0 bridgehead atoms. The summed E-state index contributed by atoms with van der Waals surface area (Å²) in [6.07, 6.45) is 1.22. The van der Waals surface area contributed by atoms with Crippen LogP contribution in [-0.4, -0.2) is 20.2 Å². The Morgan fingerprint density at radius 2 is 2.27 bits per heavy atom. The zero-order valence-electron chi connectivity index (χ0n) is 5.77. The third-order valence-corrected chi connectivity index (χ3v) is 1.42. The standard InChI is InChI=1S/C6H5N3O2/c1-3-4-5(10)7-2-8-6(4)11-9-3/h2H,1H3,(H,7,8,10). The van der Waals surface area contributed by atoms with E-state index in [2.05, 4.69) is 15.1 Å². The van der Waals surface area contributed by atoms with E-state index in [0.717, 1.165) is 0 Å². The lowest BCUT2D eigenvalue weighted by Crippen LogP contribution is -1.79. The van der Waals surface area contributed by atoms with Gasteiger partial charge in [-0.15, -0.1) is 0 Å². The van der Waals surface area contributed by atoms with Crippen LogP contribution in [0.25, 0.3) is 11.1 Å². The van der Waals surface area contributed by atoms with Crippen LogP contribution >= 0.6 is 0 Å². The zero-order chi connectivity index (χ0) is 7.84. The van der Waals surface area contributed by atoms with E-state index >= 15 is 0 Å². The largest absolute Gasteiger partial charge is 0.493 e. The normalized spacial score (nSPS) is 10.6. The molecular weight excluding hydrogens is 146 g/mol. The number of nitrogens with zero attached hydrogens (tertiary/aromatic N) is 3. The molecule has 0 spiro atoms. The number of rotatable bonds is 0. The van der Waals surface area contributed by atoms with Crippen LogP contribution < -0.4 is 0 Å². The second kappa shape index (κ2) is 1.91. The van der Waals surface area contributed by atoms with Crippen LogP contribution in [-0.2, 0) is 0 Å². The third-order valence-electron chi connectivity index (χ3n) is 1.42. The Kier molecular flexibility index (Phi) is 1.06. The molecule has 0 atom stereocenters. The van der Waals surface area contributed by atoms with Gasteiger partial charge in [-0.25, -0.2) is 4.98 Å². The fourth-order valence-electron chi connectivity index (χ4n) is 0.904. The van der Waals surface area contributed by atoms with Crippen molar-refractivity contribution in [1.29, 1.82) is 0 Å². The van der Waals surface area contributed by atoms with Gasteiger partial charge in [0.25, 0.3) is 5.71 Å². The Morgan fingerprint density at radius 3 is 3.00 bits per heavy atom. The number of aromatic hydroxyl groups is 1. The number of hydrogen-bond donors (Lipinski definition) is 1. The molecule has 2 aromatic heterocycles. The lowest BCUT2D eigenvalue weighted by atomic mass is 10.3. The van der Waals surface area contributed by atoms with E-state index in [9.17, 15) is 5.11 Å². The molecule has 0 aliphatic carbocycles. The summed E-state index contributed by atoms with van der Waals surface area (Å²) in [6, 6.07) is 0. The minimum Gasteiger partial charge on any atom is -0.493 e. The van der Waals surface area contributed by atoms with E-state index < -0.39 is 0 Å². The first-order chi connectivity index (χ1) is 5.29. The minimum absolute atomic E-state index is 0.0891. The van der Waals surface area contributed by atoms with Crippen molar-refractivity contribution in [3.63, 3.8) is 0 Å². The Hall–Kier alpha value is -1.65. The van der Waals surface area contributed by atoms with Gasteiger partial charge in [0.1, 0.15) is 11.7 Å². The predicted molar refractivity (Wildman–Crippen MR) is 36.0 cm³/mol. The molecule has 0 saturated heterocycles. The zero-order valence-corrected chi connectivity index (χ0v) is 5.77. The lowest BCUT2D eigenvalue weighted by Gasteiger charge is -1.88. The SMILES string of the molecule is Cc1noc2ncnc(O)c12. The quantitative estimate of drug-likeness (QED) is 0.597. The smallest absolute Gasteiger partial charge is 0.264 e. The van der Waals surface area contributed by atoms with Crippen molar-refractivity contribution in [2.45, 2.75) is 6.92 Å². The van der Waals surface area contributed by atoms with Crippen LogP contribution in [0.15, 0.2) is 10.9 Å². The van der Waals surface area contributed by atoms with Gasteiger partial charge in [0.2, 0.25) is 5.88 Å². The van der Waals surface area contributed by atoms with Gasteiger partial charge < -0.3 is 9.63 Å². The summed E-state index contributed by atoms with van der Waals surface area (Å²) in [6.45, 7) is 1.72. The molecular formula is C6H5N3O2. The van der Waals surface area contributed by atoms with Gasteiger partial charge in [0, 0.05) is 0 Å². The average molecular weight is 151 g/mol. The van der Waals surface area contributed by atoms with Crippen LogP contribution in [0.3, 0.4) is 0 Å². The molecule has 56 valence electrons. The van der Waals surface area contributed by atoms with Gasteiger partial charge in [0.15, 0.2) is 0 Å². The van der Waals surface area contributed by atoms with Crippen LogP contribution in [0.5, 0.6) is 5.88 Å². The molecule has 2 rings (SSSR count). The Labute approximate surface area is 61.7 Å². The van der Waals surface area contributed by atoms with Gasteiger partial charge in [0.05, 0.1) is 5.69 Å². The minimum atomic E-state index is -0.0891. The van der Waals surface area contributed by atoms with Gasteiger partial charge >= 0.3 is 0 Å². The van der Waals surface area contributed by atoms with E-state index in [0.29, 0.717) is 16.8 Å². The fourth-order valence-corrected chi connectivity index (χ4v) is 0.904. The Bertz CT molecular complexity index is 396. The molecule has 0 aromatic carbocycles. The summed E-state index contributed by atoms with van der Waals surface area (Å²) < 4.78 is 4.77. The topological polar surface area (TPSA) is 72.0 Å². The molecule has 2 heterocycles. The summed E-state index contributed by atoms with van der Waals surface area (Å²) in [5.74, 6) is -0.0891. The highest BCUT2D eigenvalue weighted by Crippen LogP contribution is 2.22. The van der Waals surface area contributed by atoms with Crippen LogP contribution in [0.1, 0.15) is 5.69 Å². The molecule has 11 heavy (non-hydrogen) atoms. The van der Waals surface area contributed by atoms with Crippen molar-refractivity contribution in [2.24, 2.45) is 0 Å².